The molecule has 0 spiro atoms. The zero-order valence-electron chi connectivity index (χ0n) is 11.7. The van der Waals surface area contributed by atoms with Crippen molar-refractivity contribution in [3.05, 3.63) is 70.3 Å². The first kappa shape index (κ1) is 15.8. The Morgan fingerprint density at radius 3 is 2.45 bits per heavy atom. The van der Waals surface area contributed by atoms with Gasteiger partial charge in [-0.1, -0.05) is 41.4 Å². The zero-order chi connectivity index (χ0) is 16.1. The van der Waals surface area contributed by atoms with E-state index in [9.17, 15) is 9.59 Å². The quantitative estimate of drug-likeness (QED) is 0.526. The summed E-state index contributed by atoms with van der Waals surface area (Å²) >= 11 is 5.73. The van der Waals surface area contributed by atoms with Gasteiger partial charge in [-0.25, -0.2) is 9.59 Å². The second kappa shape index (κ2) is 6.91. The lowest BCUT2D eigenvalue weighted by Crippen LogP contribution is -2.08. The van der Waals surface area contributed by atoms with Gasteiger partial charge in [0.25, 0.3) is 0 Å². The van der Waals surface area contributed by atoms with Crippen LogP contribution in [-0.2, 0) is 4.79 Å². The molecule has 0 bridgehead atoms. The number of aryl methyl sites for hydroxylation is 1. The van der Waals surface area contributed by atoms with Crippen LogP contribution in [0.15, 0.2) is 48.5 Å². The van der Waals surface area contributed by atoms with Crippen molar-refractivity contribution in [1.29, 1.82) is 0 Å². The summed E-state index contributed by atoms with van der Waals surface area (Å²) in [4.78, 5) is 22.9. The molecule has 112 valence electrons. The molecule has 5 heteroatoms. The van der Waals surface area contributed by atoms with E-state index < -0.39 is 11.9 Å². The van der Waals surface area contributed by atoms with E-state index in [1.807, 2.05) is 31.2 Å². The number of carbonyl (C=O) groups excluding carboxylic acids is 1. The number of carboxylic acid groups (broad SMARTS) is 1. The van der Waals surface area contributed by atoms with E-state index in [1.54, 1.807) is 6.08 Å². The normalized spacial score (nSPS) is 10.6. The van der Waals surface area contributed by atoms with Crippen LogP contribution in [0.25, 0.3) is 6.08 Å². The van der Waals surface area contributed by atoms with Crippen molar-refractivity contribution in [3.8, 4) is 5.75 Å². The molecule has 2 aromatic rings. The monoisotopic (exact) mass is 316 g/mol. The van der Waals surface area contributed by atoms with E-state index in [0.717, 1.165) is 11.1 Å². The van der Waals surface area contributed by atoms with Crippen molar-refractivity contribution in [3.63, 3.8) is 0 Å². The van der Waals surface area contributed by atoms with Crippen LogP contribution in [0.4, 0.5) is 0 Å². The minimum atomic E-state index is -1.21. The molecular formula is C17H13ClO4. The van der Waals surface area contributed by atoms with Gasteiger partial charge in [-0.3, -0.25) is 0 Å². The largest absolute Gasteiger partial charge is 0.478 e. The van der Waals surface area contributed by atoms with Crippen LogP contribution in [0.3, 0.4) is 0 Å². The Balaban J connectivity index is 2.12. The number of rotatable bonds is 4. The Morgan fingerprint density at radius 2 is 1.82 bits per heavy atom. The molecule has 0 aliphatic rings. The van der Waals surface area contributed by atoms with E-state index in [0.29, 0.717) is 0 Å². The molecule has 0 amide bonds. The lowest BCUT2D eigenvalue weighted by Gasteiger charge is -2.05. The zero-order valence-corrected chi connectivity index (χ0v) is 12.5. The summed E-state index contributed by atoms with van der Waals surface area (Å²) in [6.45, 7) is 1.97. The molecule has 0 saturated heterocycles. The molecule has 0 unspecified atom stereocenters. The summed E-state index contributed by atoms with van der Waals surface area (Å²) in [5.41, 5.74) is 1.80. The van der Waals surface area contributed by atoms with Gasteiger partial charge in [0.2, 0.25) is 0 Å². The first-order valence-corrected chi connectivity index (χ1v) is 6.83. The molecule has 0 fully saturated rings. The number of hydrogen-bond donors (Lipinski definition) is 1. The smallest absolute Gasteiger partial charge is 0.339 e. The molecule has 0 saturated carbocycles. The Labute approximate surface area is 132 Å². The number of carbonyl (C=O) groups is 2. The van der Waals surface area contributed by atoms with Gasteiger partial charge in [-0.2, -0.15) is 0 Å². The lowest BCUT2D eigenvalue weighted by molar-refractivity contribution is -0.128. The Morgan fingerprint density at radius 1 is 1.14 bits per heavy atom. The first-order chi connectivity index (χ1) is 10.5. The van der Waals surface area contributed by atoms with Crippen LogP contribution in [0.5, 0.6) is 5.75 Å². The average Bonchev–Trinajstić information content (AvgIpc) is 2.48. The molecule has 22 heavy (non-hydrogen) atoms. The average molecular weight is 317 g/mol. The molecule has 4 nitrogen and oxygen atoms in total. The van der Waals surface area contributed by atoms with E-state index in [2.05, 4.69) is 0 Å². The van der Waals surface area contributed by atoms with Crippen LogP contribution in [0.1, 0.15) is 21.5 Å². The fourth-order valence-electron chi connectivity index (χ4n) is 1.74. The van der Waals surface area contributed by atoms with Crippen LogP contribution < -0.4 is 4.74 Å². The lowest BCUT2D eigenvalue weighted by atomic mass is 10.1. The summed E-state index contributed by atoms with van der Waals surface area (Å²) in [5, 5.41) is 9.33. The highest BCUT2D eigenvalue weighted by Gasteiger charge is 2.14. The molecule has 0 aliphatic heterocycles. The fraction of sp³-hybridized carbons (Fsp3) is 0.0588. The highest BCUT2D eigenvalue weighted by atomic mass is 35.5. The first-order valence-electron chi connectivity index (χ1n) is 6.45. The highest BCUT2D eigenvalue weighted by Crippen LogP contribution is 2.23. The van der Waals surface area contributed by atoms with Gasteiger partial charge in [-0.15, -0.1) is 0 Å². The van der Waals surface area contributed by atoms with Crippen LogP contribution in [0, 0.1) is 6.92 Å². The van der Waals surface area contributed by atoms with Crippen molar-refractivity contribution >= 4 is 29.6 Å². The predicted octanol–water partition coefficient (Wildman–Crippen LogP) is 3.97. The van der Waals surface area contributed by atoms with Gasteiger partial charge in [0.1, 0.15) is 11.3 Å². The Hall–Kier alpha value is -2.59. The van der Waals surface area contributed by atoms with Gasteiger partial charge in [0.15, 0.2) is 0 Å². The molecule has 0 atom stereocenters. The van der Waals surface area contributed by atoms with Gasteiger partial charge >= 0.3 is 11.9 Å². The second-order valence-electron chi connectivity index (χ2n) is 4.61. The van der Waals surface area contributed by atoms with Crippen molar-refractivity contribution in [1.82, 2.24) is 0 Å². The van der Waals surface area contributed by atoms with Gasteiger partial charge in [0, 0.05) is 11.1 Å². The fourth-order valence-corrected chi connectivity index (χ4v) is 1.91. The standard InChI is InChI=1S/C17H13ClO4/c1-11-2-4-12(5-3-11)6-9-16(19)22-15-8-7-13(18)10-14(15)17(20)21/h2-10H,1H3,(H,20,21)/b9-6+. The van der Waals surface area contributed by atoms with Crippen molar-refractivity contribution in [2.24, 2.45) is 0 Å². The van der Waals surface area contributed by atoms with Crippen molar-refractivity contribution in [2.45, 2.75) is 6.92 Å². The Bertz CT molecular complexity index is 733. The summed E-state index contributed by atoms with van der Waals surface area (Å²) in [6.07, 6.45) is 2.84. The molecule has 0 aliphatic carbocycles. The van der Waals surface area contributed by atoms with Crippen LogP contribution in [0.2, 0.25) is 5.02 Å². The van der Waals surface area contributed by atoms with Crippen LogP contribution in [-0.4, -0.2) is 17.0 Å². The van der Waals surface area contributed by atoms with Gasteiger partial charge in [0.05, 0.1) is 0 Å². The molecule has 2 rings (SSSR count). The molecule has 2 aromatic carbocycles. The van der Waals surface area contributed by atoms with E-state index in [4.69, 9.17) is 21.4 Å². The maximum atomic E-state index is 11.8. The molecule has 1 N–H and O–H groups in total. The molecule has 0 heterocycles. The number of benzene rings is 2. The summed E-state index contributed by atoms with van der Waals surface area (Å²) in [7, 11) is 0. The highest BCUT2D eigenvalue weighted by molar-refractivity contribution is 6.31. The SMILES string of the molecule is Cc1ccc(/C=C/C(=O)Oc2ccc(Cl)cc2C(=O)O)cc1. The number of carboxylic acids is 1. The number of ether oxygens (including phenoxy) is 1. The third-order valence-corrected chi connectivity index (χ3v) is 3.11. The van der Waals surface area contributed by atoms with Crippen molar-refractivity contribution in [2.75, 3.05) is 0 Å². The minimum Gasteiger partial charge on any atom is -0.478 e. The number of esters is 1. The maximum absolute atomic E-state index is 11.8. The maximum Gasteiger partial charge on any atom is 0.339 e. The van der Waals surface area contributed by atoms with E-state index in [1.165, 1.54) is 24.3 Å². The summed E-state index contributed by atoms with van der Waals surface area (Å²) < 4.78 is 5.04. The Kier molecular flexibility index (Phi) is 4.96. The van der Waals surface area contributed by atoms with E-state index >= 15 is 0 Å². The predicted molar refractivity (Wildman–Crippen MR) is 84.3 cm³/mol. The number of aromatic carboxylic acids is 1. The number of halogens is 1. The summed E-state index contributed by atoms with van der Waals surface area (Å²) in [6, 6.07) is 11.6. The van der Waals surface area contributed by atoms with Crippen LogP contribution >= 0.6 is 11.6 Å². The van der Waals surface area contributed by atoms with Gasteiger partial charge < -0.3 is 9.84 Å². The van der Waals surface area contributed by atoms with Gasteiger partial charge in [-0.05, 0) is 36.8 Å². The third-order valence-electron chi connectivity index (χ3n) is 2.87. The molecule has 0 radical (unpaired) electrons. The molecule has 0 aromatic heterocycles. The molecular weight excluding hydrogens is 304 g/mol. The topological polar surface area (TPSA) is 63.6 Å². The third kappa shape index (κ3) is 4.20. The second-order valence-corrected chi connectivity index (χ2v) is 5.05. The minimum absolute atomic E-state index is 0.0459. The van der Waals surface area contributed by atoms with Crippen molar-refractivity contribution < 1.29 is 19.4 Å². The number of hydrogen-bond acceptors (Lipinski definition) is 3. The summed E-state index contributed by atoms with van der Waals surface area (Å²) in [5.74, 6) is -1.92. The van der Waals surface area contributed by atoms with E-state index in [-0.39, 0.29) is 16.3 Å².